The smallest absolute Gasteiger partial charge is 0.416 e. The zero-order chi connectivity index (χ0) is 19.1. The number of anilines is 1. The summed E-state index contributed by atoms with van der Waals surface area (Å²) in [6, 6.07) is 9.27. The van der Waals surface area contributed by atoms with Gasteiger partial charge in [-0.25, -0.2) is 4.79 Å². The first-order valence-electron chi connectivity index (χ1n) is 7.59. The molecule has 1 N–H and O–H groups in total. The van der Waals surface area contributed by atoms with Crippen LogP contribution in [0.5, 0.6) is 0 Å². The van der Waals surface area contributed by atoms with Crippen LogP contribution in [0.2, 0.25) is 5.02 Å². The monoisotopic (exact) mass is 383 g/mol. The Morgan fingerprint density at radius 3 is 2.62 bits per heavy atom. The maximum atomic E-state index is 12.9. The van der Waals surface area contributed by atoms with Gasteiger partial charge in [-0.3, -0.25) is 4.79 Å². The van der Waals surface area contributed by atoms with E-state index in [2.05, 4.69) is 5.32 Å². The molecule has 8 heteroatoms. The van der Waals surface area contributed by atoms with Crippen molar-refractivity contribution in [2.24, 2.45) is 0 Å². The summed E-state index contributed by atoms with van der Waals surface area (Å²) in [4.78, 5) is 24.8. The van der Waals surface area contributed by atoms with E-state index in [0.717, 1.165) is 18.2 Å². The highest BCUT2D eigenvalue weighted by Crippen LogP contribution is 2.35. The van der Waals surface area contributed by atoms with Gasteiger partial charge in [-0.05, 0) is 36.8 Å². The number of hydrogen-bond donors (Lipinski definition) is 1. The van der Waals surface area contributed by atoms with Crippen LogP contribution in [0.3, 0.4) is 0 Å². The zero-order valence-corrected chi connectivity index (χ0v) is 14.2. The molecule has 0 aromatic heterocycles. The van der Waals surface area contributed by atoms with Crippen LogP contribution in [0.25, 0.3) is 0 Å². The second-order valence-corrected chi connectivity index (χ2v) is 6.51. The molecule has 1 amide bonds. The molecule has 0 unspecified atom stereocenters. The van der Waals surface area contributed by atoms with Crippen LogP contribution in [0.4, 0.5) is 18.9 Å². The molecule has 0 saturated heterocycles. The van der Waals surface area contributed by atoms with Gasteiger partial charge in [0, 0.05) is 6.42 Å². The van der Waals surface area contributed by atoms with Crippen LogP contribution < -0.4 is 5.32 Å². The molecule has 1 heterocycles. The molecule has 1 atom stereocenters. The topological polar surface area (TPSA) is 55.4 Å². The number of ether oxygens (including phenoxy) is 1. The number of carbonyl (C=O) groups is 2. The summed E-state index contributed by atoms with van der Waals surface area (Å²) in [6.07, 6.45) is -4.48. The van der Waals surface area contributed by atoms with Gasteiger partial charge in [0.25, 0.3) is 5.91 Å². The van der Waals surface area contributed by atoms with Crippen molar-refractivity contribution < 1.29 is 27.5 Å². The van der Waals surface area contributed by atoms with Crippen LogP contribution in [0.15, 0.2) is 42.5 Å². The van der Waals surface area contributed by atoms with Gasteiger partial charge in [0.15, 0.2) is 5.60 Å². The molecule has 26 heavy (non-hydrogen) atoms. The van der Waals surface area contributed by atoms with E-state index < -0.39 is 29.2 Å². The van der Waals surface area contributed by atoms with E-state index in [9.17, 15) is 22.8 Å². The van der Waals surface area contributed by atoms with E-state index >= 15 is 0 Å². The van der Waals surface area contributed by atoms with Crippen molar-refractivity contribution in [3.63, 3.8) is 0 Å². The predicted molar refractivity (Wildman–Crippen MR) is 89.1 cm³/mol. The summed E-state index contributed by atoms with van der Waals surface area (Å²) >= 11 is 5.89. The number of fused-ring (bicyclic) bond motifs is 1. The number of hydrogen-bond acceptors (Lipinski definition) is 3. The van der Waals surface area contributed by atoms with Crippen LogP contribution >= 0.6 is 11.6 Å². The van der Waals surface area contributed by atoms with Gasteiger partial charge in [0.1, 0.15) is 0 Å². The first-order valence-corrected chi connectivity index (χ1v) is 7.97. The third kappa shape index (κ3) is 3.39. The summed E-state index contributed by atoms with van der Waals surface area (Å²) in [7, 11) is 0. The molecule has 0 radical (unpaired) electrons. The normalized spacial score (nSPS) is 19.5. The number of rotatable bonds is 2. The number of amides is 1. The lowest BCUT2D eigenvalue weighted by Gasteiger charge is -2.33. The van der Waals surface area contributed by atoms with Crippen molar-refractivity contribution >= 4 is 29.2 Å². The summed E-state index contributed by atoms with van der Waals surface area (Å²) in [5, 5.41) is 2.28. The highest BCUT2D eigenvalue weighted by molar-refractivity contribution is 6.33. The molecule has 136 valence electrons. The molecule has 0 bridgehead atoms. The minimum absolute atomic E-state index is 0.0579. The van der Waals surface area contributed by atoms with Gasteiger partial charge in [-0.2, -0.15) is 13.2 Å². The molecule has 1 aliphatic heterocycles. The number of benzene rings is 2. The lowest BCUT2D eigenvalue weighted by atomic mass is 9.89. The van der Waals surface area contributed by atoms with Crippen LogP contribution in [-0.2, 0) is 22.1 Å². The van der Waals surface area contributed by atoms with Crippen LogP contribution in [0.1, 0.15) is 28.4 Å². The van der Waals surface area contributed by atoms with Crippen LogP contribution in [0, 0.1) is 0 Å². The Morgan fingerprint density at radius 2 is 1.92 bits per heavy atom. The molecular weight excluding hydrogens is 371 g/mol. The van der Waals surface area contributed by atoms with E-state index in [1.807, 2.05) is 0 Å². The van der Waals surface area contributed by atoms with Gasteiger partial charge in [-0.1, -0.05) is 29.8 Å². The first kappa shape index (κ1) is 18.3. The SMILES string of the molecule is C[C@]1(C(=O)Nc2cc(C(F)(F)F)ccc2Cl)Cc2ccccc2C(=O)O1. The lowest BCUT2D eigenvalue weighted by molar-refractivity contribution is -0.137. The number of carbonyl (C=O) groups excluding carboxylic acids is 2. The number of alkyl halides is 3. The van der Waals surface area contributed by atoms with E-state index in [1.165, 1.54) is 6.92 Å². The number of cyclic esters (lactones) is 1. The average molecular weight is 384 g/mol. The largest absolute Gasteiger partial charge is 0.445 e. The van der Waals surface area contributed by atoms with Crippen molar-refractivity contribution in [1.29, 1.82) is 0 Å². The van der Waals surface area contributed by atoms with Crippen molar-refractivity contribution in [2.75, 3.05) is 5.32 Å². The third-order valence-corrected chi connectivity index (χ3v) is 4.43. The molecule has 0 fully saturated rings. The maximum Gasteiger partial charge on any atom is 0.416 e. The van der Waals surface area contributed by atoms with Gasteiger partial charge in [-0.15, -0.1) is 0 Å². The fourth-order valence-electron chi connectivity index (χ4n) is 2.71. The number of nitrogens with one attached hydrogen (secondary N) is 1. The average Bonchev–Trinajstić information content (AvgIpc) is 2.55. The summed E-state index contributed by atoms with van der Waals surface area (Å²) < 4.78 is 43.8. The van der Waals surface area contributed by atoms with Crippen LogP contribution in [-0.4, -0.2) is 17.5 Å². The van der Waals surface area contributed by atoms with Gasteiger partial charge in [0.05, 0.1) is 21.8 Å². The third-order valence-electron chi connectivity index (χ3n) is 4.11. The molecule has 1 aliphatic rings. The first-order chi connectivity index (χ1) is 12.1. The Labute approximate surface area is 151 Å². The zero-order valence-electron chi connectivity index (χ0n) is 13.5. The van der Waals surface area contributed by atoms with Crippen molar-refractivity contribution in [3.8, 4) is 0 Å². The fourth-order valence-corrected chi connectivity index (χ4v) is 2.88. The van der Waals surface area contributed by atoms with Crippen molar-refractivity contribution in [2.45, 2.75) is 25.1 Å². The summed E-state index contributed by atoms with van der Waals surface area (Å²) in [6.45, 7) is 1.40. The highest BCUT2D eigenvalue weighted by atomic mass is 35.5. The molecule has 0 spiro atoms. The molecular formula is C18H13ClF3NO3. The highest BCUT2D eigenvalue weighted by Gasteiger charge is 2.43. The van der Waals surface area contributed by atoms with E-state index in [0.29, 0.717) is 11.1 Å². The Morgan fingerprint density at radius 1 is 1.23 bits per heavy atom. The lowest BCUT2D eigenvalue weighted by Crippen LogP contribution is -2.48. The second kappa shape index (κ2) is 6.32. The molecule has 4 nitrogen and oxygen atoms in total. The van der Waals surface area contributed by atoms with Gasteiger partial charge >= 0.3 is 12.1 Å². The standard InChI is InChI=1S/C18H13ClF3NO3/c1-17(9-10-4-2-3-5-12(10)15(24)26-17)16(25)23-14-8-11(18(20,21)22)6-7-13(14)19/h2-8H,9H2,1H3,(H,23,25)/t17-/m1/s1. The van der Waals surface area contributed by atoms with Crippen molar-refractivity contribution in [1.82, 2.24) is 0 Å². The quantitative estimate of drug-likeness (QED) is 0.778. The molecule has 0 saturated carbocycles. The van der Waals surface area contributed by atoms with E-state index in [1.54, 1.807) is 24.3 Å². The Balaban J connectivity index is 1.88. The minimum atomic E-state index is -4.58. The molecule has 0 aliphatic carbocycles. The molecule has 3 rings (SSSR count). The summed E-state index contributed by atoms with van der Waals surface area (Å²) in [5.74, 6) is -1.43. The molecule has 2 aromatic carbocycles. The maximum absolute atomic E-state index is 12.9. The Kier molecular flexibility index (Phi) is 4.44. The Bertz CT molecular complexity index is 897. The van der Waals surface area contributed by atoms with E-state index in [-0.39, 0.29) is 17.1 Å². The Hall–Kier alpha value is -2.54. The van der Waals surface area contributed by atoms with Gasteiger partial charge in [0.2, 0.25) is 0 Å². The fraction of sp³-hybridized carbons (Fsp3) is 0.222. The number of halogens is 4. The van der Waals surface area contributed by atoms with Crippen molar-refractivity contribution in [3.05, 3.63) is 64.2 Å². The molecule has 2 aromatic rings. The van der Waals surface area contributed by atoms with E-state index in [4.69, 9.17) is 16.3 Å². The number of esters is 1. The second-order valence-electron chi connectivity index (χ2n) is 6.10. The summed E-state index contributed by atoms with van der Waals surface area (Å²) in [5.41, 5.74) is -1.74. The predicted octanol–water partition coefficient (Wildman–Crippen LogP) is 4.47. The minimum Gasteiger partial charge on any atom is -0.445 e. The van der Waals surface area contributed by atoms with Gasteiger partial charge < -0.3 is 10.1 Å².